The molecule has 27 heavy (non-hydrogen) atoms. The van der Waals surface area contributed by atoms with Gasteiger partial charge in [-0.05, 0) is 45.0 Å². The van der Waals surface area contributed by atoms with E-state index in [2.05, 4.69) is 21.9 Å². The van der Waals surface area contributed by atoms with E-state index >= 15 is 0 Å². The van der Waals surface area contributed by atoms with Crippen molar-refractivity contribution in [2.45, 2.75) is 32.4 Å². The molecule has 7 heteroatoms. The third-order valence-corrected chi connectivity index (χ3v) is 5.16. The maximum absolute atomic E-state index is 11.5. The van der Waals surface area contributed by atoms with Gasteiger partial charge in [0.15, 0.2) is 0 Å². The van der Waals surface area contributed by atoms with Crippen LogP contribution in [-0.4, -0.2) is 85.1 Å². The van der Waals surface area contributed by atoms with Gasteiger partial charge < -0.3 is 24.4 Å². The molecule has 0 radical (unpaired) electrons. The van der Waals surface area contributed by atoms with Gasteiger partial charge in [0, 0.05) is 50.5 Å². The van der Waals surface area contributed by atoms with E-state index in [9.17, 15) is 9.90 Å². The minimum Gasteiger partial charge on any atom is -0.486 e. The average Bonchev–Trinajstić information content (AvgIpc) is 2.58. The van der Waals surface area contributed by atoms with Crippen LogP contribution in [0.15, 0.2) is 24.3 Å². The van der Waals surface area contributed by atoms with E-state index in [1.54, 1.807) is 0 Å². The second kappa shape index (κ2) is 8.35. The van der Waals surface area contributed by atoms with Gasteiger partial charge >= 0.3 is 6.09 Å². The number of hydrogen-bond acceptors (Lipinski definition) is 5. The van der Waals surface area contributed by atoms with E-state index in [0.717, 1.165) is 38.5 Å². The van der Waals surface area contributed by atoms with Crippen molar-refractivity contribution in [2.75, 3.05) is 57.4 Å². The van der Waals surface area contributed by atoms with E-state index in [1.807, 2.05) is 32.9 Å². The lowest BCUT2D eigenvalue weighted by Gasteiger charge is -2.39. The molecule has 3 rings (SSSR count). The van der Waals surface area contributed by atoms with Crippen molar-refractivity contribution < 1.29 is 19.4 Å². The maximum Gasteiger partial charge on any atom is 0.407 e. The Morgan fingerprint density at radius 3 is 2.30 bits per heavy atom. The second-order valence-corrected chi connectivity index (χ2v) is 8.20. The smallest absolute Gasteiger partial charge is 0.407 e. The summed E-state index contributed by atoms with van der Waals surface area (Å²) in [5.74, 6) is 0.890. The lowest BCUT2D eigenvalue weighted by Crippen LogP contribution is -2.52. The average molecular weight is 377 g/mol. The Hall–Kier alpha value is -1.99. The highest BCUT2D eigenvalue weighted by Crippen LogP contribution is 2.23. The summed E-state index contributed by atoms with van der Waals surface area (Å²) in [6.07, 6.45) is -0.658. The molecule has 1 amide bonds. The fraction of sp³-hybridized carbons (Fsp3) is 0.650. The fourth-order valence-corrected chi connectivity index (χ4v) is 3.40. The van der Waals surface area contributed by atoms with Gasteiger partial charge in [-0.3, -0.25) is 4.90 Å². The van der Waals surface area contributed by atoms with Crippen molar-refractivity contribution in [3.05, 3.63) is 24.3 Å². The SMILES string of the molecule is CC(C)(C)N(CCN1CCN(c2ccc(OC3COC3)cc2)CC1)C(=O)O. The summed E-state index contributed by atoms with van der Waals surface area (Å²) in [6.45, 7) is 12.2. The molecule has 1 N–H and O–H groups in total. The molecule has 1 aromatic rings. The lowest BCUT2D eigenvalue weighted by atomic mass is 10.1. The van der Waals surface area contributed by atoms with Gasteiger partial charge in [0.05, 0.1) is 13.2 Å². The zero-order valence-corrected chi connectivity index (χ0v) is 16.6. The van der Waals surface area contributed by atoms with Gasteiger partial charge in [0.1, 0.15) is 11.9 Å². The van der Waals surface area contributed by atoms with Crippen LogP contribution in [0.3, 0.4) is 0 Å². The third kappa shape index (κ3) is 5.26. The van der Waals surface area contributed by atoms with Crippen molar-refractivity contribution >= 4 is 11.8 Å². The van der Waals surface area contributed by atoms with Crippen LogP contribution in [0.1, 0.15) is 20.8 Å². The first-order chi connectivity index (χ1) is 12.8. The minimum atomic E-state index is -0.850. The Balaban J connectivity index is 1.45. The van der Waals surface area contributed by atoms with Crippen LogP contribution in [0.5, 0.6) is 5.75 Å². The van der Waals surface area contributed by atoms with Crippen molar-refractivity contribution in [1.82, 2.24) is 9.80 Å². The van der Waals surface area contributed by atoms with E-state index in [1.165, 1.54) is 10.6 Å². The molecule has 2 saturated heterocycles. The van der Waals surface area contributed by atoms with Gasteiger partial charge in [-0.25, -0.2) is 4.79 Å². The Bertz CT molecular complexity index is 617. The van der Waals surface area contributed by atoms with E-state index < -0.39 is 6.09 Å². The lowest BCUT2D eigenvalue weighted by molar-refractivity contribution is -0.0796. The van der Waals surface area contributed by atoms with Gasteiger partial charge in [-0.1, -0.05) is 0 Å². The summed E-state index contributed by atoms with van der Waals surface area (Å²) in [4.78, 5) is 17.7. The van der Waals surface area contributed by atoms with Crippen LogP contribution in [0, 0.1) is 0 Å². The molecule has 0 atom stereocenters. The molecule has 0 aliphatic carbocycles. The largest absolute Gasteiger partial charge is 0.486 e. The minimum absolute atomic E-state index is 0.192. The second-order valence-electron chi connectivity index (χ2n) is 8.20. The first-order valence-electron chi connectivity index (χ1n) is 9.65. The topological polar surface area (TPSA) is 65.5 Å². The predicted octanol–water partition coefficient (Wildman–Crippen LogP) is 2.36. The van der Waals surface area contributed by atoms with Crippen LogP contribution in [0.2, 0.25) is 0 Å². The highest BCUT2D eigenvalue weighted by molar-refractivity contribution is 5.66. The number of ether oxygens (including phenoxy) is 2. The zero-order valence-electron chi connectivity index (χ0n) is 16.6. The fourth-order valence-electron chi connectivity index (χ4n) is 3.40. The number of nitrogens with zero attached hydrogens (tertiary/aromatic N) is 3. The maximum atomic E-state index is 11.5. The summed E-state index contributed by atoms with van der Waals surface area (Å²) < 4.78 is 10.9. The number of carbonyl (C=O) groups is 1. The van der Waals surface area contributed by atoms with Crippen LogP contribution in [0.4, 0.5) is 10.5 Å². The molecule has 0 spiro atoms. The number of piperazine rings is 1. The van der Waals surface area contributed by atoms with Crippen molar-refractivity contribution in [3.63, 3.8) is 0 Å². The number of amides is 1. The number of rotatable bonds is 6. The van der Waals surface area contributed by atoms with Gasteiger partial charge in [0.25, 0.3) is 0 Å². The van der Waals surface area contributed by atoms with Gasteiger partial charge in [-0.15, -0.1) is 0 Å². The van der Waals surface area contributed by atoms with Gasteiger partial charge in [-0.2, -0.15) is 0 Å². The number of anilines is 1. The first kappa shape index (κ1) is 19.8. The summed E-state index contributed by atoms with van der Waals surface area (Å²) in [5, 5.41) is 9.41. The van der Waals surface area contributed by atoms with Crippen molar-refractivity contribution in [1.29, 1.82) is 0 Å². The predicted molar refractivity (Wildman–Crippen MR) is 105 cm³/mol. The normalized spacial score (nSPS) is 18.9. The molecule has 0 unspecified atom stereocenters. The summed E-state index contributed by atoms with van der Waals surface area (Å²) in [7, 11) is 0. The molecular formula is C20H31N3O4. The van der Waals surface area contributed by atoms with Crippen LogP contribution < -0.4 is 9.64 Å². The number of benzene rings is 1. The summed E-state index contributed by atoms with van der Waals surface area (Å²) >= 11 is 0. The molecule has 1 aromatic carbocycles. The van der Waals surface area contributed by atoms with Crippen LogP contribution >= 0.6 is 0 Å². The summed E-state index contributed by atoms with van der Waals surface area (Å²) in [5.41, 5.74) is 0.831. The summed E-state index contributed by atoms with van der Waals surface area (Å²) in [6, 6.07) is 8.26. The molecule has 2 aliphatic heterocycles. The van der Waals surface area contributed by atoms with Crippen molar-refractivity contribution in [3.8, 4) is 5.75 Å². The van der Waals surface area contributed by atoms with E-state index in [-0.39, 0.29) is 11.6 Å². The Morgan fingerprint density at radius 2 is 1.81 bits per heavy atom. The molecule has 0 saturated carbocycles. The quantitative estimate of drug-likeness (QED) is 0.821. The molecule has 2 aliphatic rings. The van der Waals surface area contributed by atoms with Gasteiger partial charge in [0.2, 0.25) is 0 Å². The number of hydrogen-bond donors (Lipinski definition) is 1. The standard InChI is InChI=1S/C20H31N3O4/c1-20(2,3)23(19(24)25)13-10-21-8-11-22(12-9-21)16-4-6-17(7-5-16)27-18-14-26-15-18/h4-7,18H,8-15H2,1-3H3,(H,24,25). The van der Waals surface area contributed by atoms with Crippen molar-refractivity contribution in [2.24, 2.45) is 0 Å². The highest BCUT2D eigenvalue weighted by atomic mass is 16.6. The van der Waals surface area contributed by atoms with Crippen LogP contribution in [0.25, 0.3) is 0 Å². The molecule has 150 valence electrons. The Morgan fingerprint density at radius 1 is 1.19 bits per heavy atom. The van der Waals surface area contributed by atoms with Crippen LogP contribution in [-0.2, 0) is 4.74 Å². The molecular weight excluding hydrogens is 346 g/mol. The molecule has 2 fully saturated rings. The third-order valence-electron chi connectivity index (χ3n) is 5.16. The molecule has 0 bridgehead atoms. The zero-order chi connectivity index (χ0) is 19.4. The number of carboxylic acid groups (broad SMARTS) is 1. The highest BCUT2D eigenvalue weighted by Gasteiger charge is 2.27. The molecule has 0 aromatic heterocycles. The first-order valence-corrected chi connectivity index (χ1v) is 9.65. The monoisotopic (exact) mass is 377 g/mol. The van der Waals surface area contributed by atoms with E-state index in [0.29, 0.717) is 19.8 Å². The molecule has 2 heterocycles. The Labute approximate surface area is 161 Å². The molecule has 7 nitrogen and oxygen atoms in total. The van der Waals surface area contributed by atoms with E-state index in [4.69, 9.17) is 9.47 Å². The Kier molecular flexibility index (Phi) is 6.11.